The van der Waals surface area contributed by atoms with E-state index in [4.69, 9.17) is 5.73 Å². The van der Waals surface area contributed by atoms with Crippen LogP contribution in [0.5, 0.6) is 0 Å². The molecule has 0 aliphatic carbocycles. The molecular weight excluding hydrogens is 288 g/mol. The van der Waals surface area contributed by atoms with Crippen molar-refractivity contribution in [1.29, 1.82) is 0 Å². The summed E-state index contributed by atoms with van der Waals surface area (Å²) in [6.07, 6.45) is -9.64. The summed E-state index contributed by atoms with van der Waals surface area (Å²) < 4.78 is 73.1. The highest BCUT2D eigenvalue weighted by molar-refractivity contribution is 5.47. The van der Waals surface area contributed by atoms with Gasteiger partial charge in [-0.05, 0) is 25.0 Å². The molecule has 3 N–H and O–H groups in total. The monoisotopic (exact) mass is 301 g/mol. The van der Waals surface area contributed by atoms with Crippen LogP contribution in [0.25, 0.3) is 0 Å². The number of nitrogens with two attached hydrogens (primary N) is 1. The van der Waals surface area contributed by atoms with E-state index in [1.807, 2.05) is 0 Å². The molecule has 0 radical (unpaired) electrons. The molecule has 0 bridgehead atoms. The van der Waals surface area contributed by atoms with E-state index in [-0.39, 0.29) is 31.0 Å². The summed E-state index contributed by atoms with van der Waals surface area (Å²) in [5.41, 5.74) is 4.29. The van der Waals surface area contributed by atoms with Gasteiger partial charge in [-0.15, -0.1) is 0 Å². The number of hydrogen-bond acceptors (Lipinski definition) is 3. The molecule has 0 spiro atoms. The second-order valence-electron chi connectivity index (χ2n) is 4.16. The van der Waals surface area contributed by atoms with Crippen LogP contribution in [-0.2, 0) is 6.18 Å². The van der Waals surface area contributed by atoms with Gasteiger partial charge in [-0.1, -0.05) is 0 Å². The number of anilines is 2. The minimum atomic E-state index is -4.55. The molecule has 1 aromatic heterocycles. The number of alkyl halides is 6. The van der Waals surface area contributed by atoms with Crippen LogP contribution in [0.15, 0.2) is 12.1 Å². The number of nitrogen functional groups attached to an aromatic ring is 1. The van der Waals surface area contributed by atoms with Gasteiger partial charge in [0.2, 0.25) is 0 Å². The van der Waals surface area contributed by atoms with E-state index in [0.29, 0.717) is 6.07 Å². The number of pyridine rings is 1. The fourth-order valence-corrected chi connectivity index (χ4v) is 1.47. The largest absolute Gasteiger partial charge is 0.416 e. The molecule has 0 saturated heterocycles. The number of nitrogens with zero attached hydrogens (tertiary/aromatic N) is 1. The lowest BCUT2D eigenvalue weighted by Crippen LogP contribution is -2.11. The Bertz CT molecular complexity index is 441. The van der Waals surface area contributed by atoms with E-state index in [0.717, 1.165) is 6.07 Å². The predicted molar refractivity (Wildman–Crippen MR) is 62.0 cm³/mol. The maximum absolute atomic E-state index is 12.5. The second-order valence-corrected chi connectivity index (χ2v) is 4.16. The molecule has 0 saturated carbocycles. The molecule has 0 amide bonds. The second kappa shape index (κ2) is 6.19. The van der Waals surface area contributed by atoms with Crippen LogP contribution < -0.4 is 11.1 Å². The average molecular weight is 301 g/mol. The Morgan fingerprint density at radius 1 is 1.05 bits per heavy atom. The molecule has 0 atom stereocenters. The van der Waals surface area contributed by atoms with Gasteiger partial charge in [0.1, 0.15) is 11.6 Å². The van der Waals surface area contributed by atoms with Crippen molar-refractivity contribution >= 4 is 11.6 Å². The topological polar surface area (TPSA) is 50.9 Å². The summed E-state index contributed by atoms with van der Waals surface area (Å²) in [6, 6.07) is 1.45. The van der Waals surface area contributed by atoms with Gasteiger partial charge in [0.25, 0.3) is 0 Å². The van der Waals surface area contributed by atoms with Gasteiger partial charge in [0.15, 0.2) is 0 Å². The molecule has 0 aliphatic rings. The highest BCUT2D eigenvalue weighted by atomic mass is 19.4. The van der Waals surface area contributed by atoms with Gasteiger partial charge in [0, 0.05) is 13.0 Å². The van der Waals surface area contributed by atoms with E-state index in [1.54, 1.807) is 0 Å². The van der Waals surface area contributed by atoms with E-state index in [2.05, 4.69) is 10.3 Å². The van der Waals surface area contributed by atoms with Crippen molar-refractivity contribution < 1.29 is 26.3 Å². The Kier molecular flexibility index (Phi) is 5.07. The molecule has 1 rings (SSSR count). The number of halogens is 6. The van der Waals surface area contributed by atoms with Crippen LogP contribution in [-0.4, -0.2) is 17.7 Å². The Labute approximate surface area is 111 Å². The van der Waals surface area contributed by atoms with Gasteiger partial charge < -0.3 is 11.1 Å². The molecule has 1 aromatic rings. The van der Waals surface area contributed by atoms with Crippen LogP contribution in [0.1, 0.15) is 24.8 Å². The van der Waals surface area contributed by atoms with Gasteiger partial charge in [-0.25, -0.2) is 4.98 Å². The van der Waals surface area contributed by atoms with Crippen molar-refractivity contribution in [2.75, 3.05) is 17.6 Å². The molecule has 0 aliphatic heterocycles. The lowest BCUT2D eigenvalue weighted by atomic mass is 10.2. The molecular formula is C11H13F6N3. The summed E-state index contributed by atoms with van der Waals surface area (Å²) in [6.45, 7) is 0.0871. The fourth-order valence-electron chi connectivity index (χ4n) is 1.47. The predicted octanol–water partition coefficient (Wildman–Crippen LogP) is 3.83. The molecule has 0 aromatic carbocycles. The van der Waals surface area contributed by atoms with Crippen LogP contribution in [0.4, 0.5) is 38.0 Å². The van der Waals surface area contributed by atoms with Gasteiger partial charge in [-0.3, -0.25) is 0 Å². The van der Waals surface area contributed by atoms with Gasteiger partial charge >= 0.3 is 12.4 Å². The maximum Gasteiger partial charge on any atom is 0.416 e. The SMILES string of the molecule is Nc1cc(C(F)(F)F)cc(NCCCCC(F)(F)F)n1. The molecule has 0 unspecified atom stereocenters. The molecule has 0 fully saturated rings. The van der Waals surface area contributed by atoms with E-state index >= 15 is 0 Å². The van der Waals surface area contributed by atoms with E-state index in [9.17, 15) is 26.3 Å². The van der Waals surface area contributed by atoms with E-state index in [1.165, 1.54) is 0 Å². The first-order chi connectivity index (χ1) is 9.08. The molecule has 1 heterocycles. The molecule has 9 heteroatoms. The van der Waals surface area contributed by atoms with Crippen LogP contribution >= 0.6 is 0 Å². The van der Waals surface area contributed by atoms with Crippen molar-refractivity contribution in [3.63, 3.8) is 0 Å². The molecule has 20 heavy (non-hydrogen) atoms. The summed E-state index contributed by atoms with van der Waals surface area (Å²) in [4.78, 5) is 3.64. The zero-order valence-corrected chi connectivity index (χ0v) is 10.3. The van der Waals surface area contributed by atoms with Crippen LogP contribution in [0.2, 0.25) is 0 Å². The average Bonchev–Trinajstić information content (AvgIpc) is 2.25. The third kappa shape index (κ3) is 5.98. The quantitative estimate of drug-likeness (QED) is 0.642. The third-order valence-corrected chi connectivity index (χ3v) is 2.37. The lowest BCUT2D eigenvalue weighted by Gasteiger charge is -2.11. The van der Waals surface area contributed by atoms with E-state index < -0.39 is 24.3 Å². The number of rotatable bonds is 5. The highest BCUT2D eigenvalue weighted by Gasteiger charge is 2.31. The van der Waals surface area contributed by atoms with Crippen molar-refractivity contribution in [2.45, 2.75) is 31.6 Å². The first-order valence-corrected chi connectivity index (χ1v) is 5.73. The van der Waals surface area contributed by atoms with Crippen LogP contribution in [0.3, 0.4) is 0 Å². The fraction of sp³-hybridized carbons (Fsp3) is 0.545. The maximum atomic E-state index is 12.5. The minimum Gasteiger partial charge on any atom is -0.384 e. The summed E-state index contributed by atoms with van der Waals surface area (Å²) >= 11 is 0. The highest BCUT2D eigenvalue weighted by Crippen LogP contribution is 2.31. The smallest absolute Gasteiger partial charge is 0.384 e. The number of unbranched alkanes of at least 4 members (excludes halogenated alkanes) is 1. The Hall–Kier alpha value is -1.67. The molecule has 3 nitrogen and oxygen atoms in total. The van der Waals surface area contributed by atoms with Crippen molar-refractivity contribution in [3.05, 3.63) is 17.7 Å². The number of nitrogens with one attached hydrogen (secondary N) is 1. The van der Waals surface area contributed by atoms with Crippen molar-refractivity contribution in [3.8, 4) is 0 Å². The van der Waals surface area contributed by atoms with Crippen molar-refractivity contribution in [1.82, 2.24) is 4.98 Å². The first-order valence-electron chi connectivity index (χ1n) is 5.73. The number of aromatic nitrogens is 1. The van der Waals surface area contributed by atoms with Crippen molar-refractivity contribution in [2.24, 2.45) is 0 Å². The normalized spacial score (nSPS) is 12.5. The Morgan fingerprint density at radius 2 is 1.70 bits per heavy atom. The first kappa shape index (κ1) is 16.4. The zero-order valence-electron chi connectivity index (χ0n) is 10.3. The number of hydrogen-bond donors (Lipinski definition) is 2. The molecule has 114 valence electrons. The van der Waals surface area contributed by atoms with Gasteiger partial charge in [0.05, 0.1) is 5.56 Å². The Balaban J connectivity index is 2.50. The standard InChI is InChI=1S/C11H13F6N3/c12-10(13,14)3-1-2-4-19-9-6-7(11(15,16)17)5-8(18)20-9/h5-6H,1-4H2,(H3,18,19,20). The minimum absolute atomic E-state index is 0.0871. The zero-order chi connectivity index (χ0) is 15.4. The van der Waals surface area contributed by atoms with Gasteiger partial charge in [-0.2, -0.15) is 26.3 Å². The Morgan fingerprint density at radius 3 is 2.25 bits per heavy atom. The van der Waals surface area contributed by atoms with Crippen LogP contribution in [0, 0.1) is 0 Å². The summed E-state index contributed by atoms with van der Waals surface area (Å²) in [7, 11) is 0. The summed E-state index contributed by atoms with van der Waals surface area (Å²) in [5, 5.41) is 2.53. The third-order valence-electron chi connectivity index (χ3n) is 2.37. The lowest BCUT2D eigenvalue weighted by molar-refractivity contribution is -0.137. The summed E-state index contributed by atoms with van der Waals surface area (Å²) in [5.74, 6) is -0.415.